The molecule has 0 fully saturated rings. The van der Waals surface area contributed by atoms with E-state index in [9.17, 15) is 28.8 Å². The third-order valence-electron chi connectivity index (χ3n) is 6.42. The van der Waals surface area contributed by atoms with Crippen molar-refractivity contribution in [1.29, 1.82) is 0 Å². The second-order valence-corrected chi connectivity index (χ2v) is 12.3. The highest BCUT2D eigenvalue weighted by molar-refractivity contribution is 6.11. The normalized spacial score (nSPS) is 15.5. The first-order chi connectivity index (χ1) is 19.0. The summed E-state index contributed by atoms with van der Waals surface area (Å²) in [5, 5.41) is 8.94. The molecule has 4 N–H and O–H groups in total. The van der Waals surface area contributed by atoms with Crippen molar-refractivity contribution in [1.82, 2.24) is 26.2 Å². The van der Waals surface area contributed by atoms with Crippen molar-refractivity contribution < 1.29 is 42.3 Å². The van der Waals surface area contributed by atoms with E-state index in [1.54, 1.807) is 41.5 Å². The number of halogens is 2. The molecule has 0 saturated heterocycles. The molecule has 0 bridgehead atoms. The number of alkyl carbamates (subject to hydrolysis) is 1. The quantitative estimate of drug-likeness (QED) is 0.220. The molecule has 0 aromatic heterocycles. The van der Waals surface area contributed by atoms with E-state index < -0.39 is 83.0 Å². The van der Waals surface area contributed by atoms with Crippen LogP contribution in [0.2, 0.25) is 0 Å². The second kappa shape index (κ2) is 15.8. The van der Waals surface area contributed by atoms with Gasteiger partial charge in [-0.15, -0.1) is 0 Å². The average Bonchev–Trinajstić information content (AvgIpc) is 2.85. The van der Waals surface area contributed by atoms with Gasteiger partial charge in [0, 0.05) is 14.1 Å². The number of nitrogens with zero attached hydrogens (tertiary/aromatic N) is 1. The number of carbonyl (C=O) groups is 6. The largest absolute Gasteiger partial charge is 0.444 e. The molecule has 0 radical (unpaired) electrons. The zero-order valence-electron chi connectivity index (χ0n) is 26.8. The molecular formula is C28H49F2N5O7. The van der Waals surface area contributed by atoms with Crippen LogP contribution in [-0.2, 0) is 28.7 Å². The molecular weight excluding hydrogens is 556 g/mol. The number of Topliss-reactive ketones (excluding diaryl/α,β-unsaturated/α-hetero) is 1. The van der Waals surface area contributed by atoms with Crippen molar-refractivity contribution in [3.8, 4) is 0 Å². The Kier molecular flexibility index (Phi) is 14.5. The number of rotatable bonds is 14. The van der Waals surface area contributed by atoms with Gasteiger partial charge in [-0.1, -0.05) is 48.0 Å². The number of hydrogen-bond donors (Lipinski definition) is 4. The summed E-state index contributed by atoms with van der Waals surface area (Å²) in [5.74, 6) is -12.3. The Morgan fingerprint density at radius 3 is 1.60 bits per heavy atom. The van der Waals surface area contributed by atoms with Gasteiger partial charge in [-0.3, -0.25) is 24.0 Å². The van der Waals surface area contributed by atoms with E-state index in [1.165, 1.54) is 32.8 Å². The average molecular weight is 606 g/mol. The van der Waals surface area contributed by atoms with Crippen molar-refractivity contribution in [3.05, 3.63) is 0 Å². The lowest BCUT2D eigenvalue weighted by molar-refractivity contribution is -0.161. The molecule has 0 aliphatic carbocycles. The van der Waals surface area contributed by atoms with Crippen molar-refractivity contribution >= 4 is 35.5 Å². The van der Waals surface area contributed by atoms with Crippen LogP contribution in [0, 0.1) is 17.8 Å². The smallest absolute Gasteiger partial charge is 0.408 e. The predicted molar refractivity (Wildman–Crippen MR) is 152 cm³/mol. The maximum atomic E-state index is 15.0. The number of ether oxygens (including phenoxy) is 1. The van der Waals surface area contributed by atoms with Crippen LogP contribution in [0.15, 0.2) is 0 Å². The second-order valence-electron chi connectivity index (χ2n) is 12.3. The number of nitrogens with one attached hydrogen (secondary N) is 4. The lowest BCUT2D eigenvalue weighted by Crippen LogP contribution is -2.61. The fraction of sp³-hybridized carbons (Fsp3) is 0.786. The molecule has 0 aliphatic rings. The monoisotopic (exact) mass is 605 g/mol. The molecule has 0 rings (SSSR count). The van der Waals surface area contributed by atoms with Crippen LogP contribution in [0.1, 0.15) is 75.7 Å². The van der Waals surface area contributed by atoms with E-state index in [0.29, 0.717) is 6.42 Å². The Hall–Kier alpha value is -3.32. The number of carbonyl (C=O) groups excluding carboxylic acids is 6. The molecule has 5 amide bonds. The third-order valence-corrected chi connectivity index (χ3v) is 6.42. The van der Waals surface area contributed by atoms with Crippen LogP contribution in [0.25, 0.3) is 0 Å². The van der Waals surface area contributed by atoms with Gasteiger partial charge in [0.2, 0.25) is 23.5 Å². The predicted octanol–water partition coefficient (Wildman–Crippen LogP) is 2.00. The van der Waals surface area contributed by atoms with Gasteiger partial charge in [0.25, 0.3) is 5.91 Å². The molecule has 12 nitrogen and oxygen atoms in total. The molecule has 0 spiro atoms. The molecule has 14 heteroatoms. The van der Waals surface area contributed by atoms with E-state index >= 15 is 8.78 Å². The molecule has 0 aliphatic heterocycles. The number of hydrogen-bond acceptors (Lipinski definition) is 7. The fourth-order valence-electron chi connectivity index (χ4n) is 3.69. The summed E-state index contributed by atoms with van der Waals surface area (Å²) in [6.07, 6.45) is -0.384. The van der Waals surface area contributed by atoms with Crippen LogP contribution in [0.5, 0.6) is 0 Å². The standard InChI is InChI=1S/C28H49F2N5O7/c1-13-16(6)20(24(39)35(11)12)32-23(38)18(14(2)3)33-25(40)28(29,30)21(36)17(7)31-22(37)19(15(4)5)34-26(41)42-27(8,9)10/h14-20H,13H2,1-12H3,(H,31,37)(H,32,38)(H,33,40)(H,34,41)/t16-,17-,18-,19-,20-/m0/s1. The van der Waals surface area contributed by atoms with Crippen molar-refractivity contribution in [2.45, 2.75) is 111 Å². The minimum Gasteiger partial charge on any atom is -0.444 e. The van der Waals surface area contributed by atoms with E-state index in [2.05, 4.69) is 16.0 Å². The number of ketones is 1. The van der Waals surface area contributed by atoms with Gasteiger partial charge in [0.15, 0.2) is 0 Å². The van der Waals surface area contributed by atoms with E-state index in [0.717, 1.165) is 6.92 Å². The summed E-state index contributed by atoms with van der Waals surface area (Å²) < 4.78 is 35.2. The first-order valence-corrected chi connectivity index (χ1v) is 14.0. The van der Waals surface area contributed by atoms with E-state index in [1.807, 2.05) is 12.2 Å². The summed E-state index contributed by atoms with van der Waals surface area (Å²) in [6, 6.07) is -5.52. The minimum absolute atomic E-state index is 0.292. The first-order valence-electron chi connectivity index (χ1n) is 14.0. The molecule has 0 saturated carbocycles. The number of amides is 5. The van der Waals surface area contributed by atoms with Crippen LogP contribution in [0.3, 0.4) is 0 Å². The fourth-order valence-corrected chi connectivity index (χ4v) is 3.69. The summed E-state index contributed by atoms with van der Waals surface area (Å²) in [7, 11) is 3.02. The SMILES string of the molecule is CC[C@H](C)[C@H](NC(=O)[C@@H](NC(=O)C(F)(F)C(=O)[C@H](C)NC(=O)[C@@H](NC(=O)OC(C)(C)C)C(C)C)C(C)C)C(=O)N(C)C. The molecule has 242 valence electrons. The maximum Gasteiger partial charge on any atom is 0.408 e. The zero-order valence-corrected chi connectivity index (χ0v) is 26.8. The van der Waals surface area contributed by atoms with Gasteiger partial charge >= 0.3 is 12.0 Å². The van der Waals surface area contributed by atoms with Crippen LogP contribution >= 0.6 is 0 Å². The van der Waals surface area contributed by atoms with Crippen LogP contribution in [-0.4, -0.2) is 90.2 Å². The van der Waals surface area contributed by atoms with Gasteiger partial charge in [-0.05, 0) is 45.4 Å². The highest BCUT2D eigenvalue weighted by Gasteiger charge is 2.51. The topological polar surface area (TPSA) is 163 Å². The Labute approximate surface area is 247 Å². The lowest BCUT2D eigenvalue weighted by atomic mass is 9.96. The van der Waals surface area contributed by atoms with Gasteiger partial charge in [-0.25, -0.2) is 4.79 Å². The van der Waals surface area contributed by atoms with Gasteiger partial charge in [0.1, 0.15) is 23.7 Å². The minimum atomic E-state index is -4.62. The van der Waals surface area contributed by atoms with Crippen molar-refractivity contribution in [3.63, 3.8) is 0 Å². The van der Waals surface area contributed by atoms with Gasteiger partial charge < -0.3 is 30.9 Å². The summed E-state index contributed by atoms with van der Waals surface area (Å²) >= 11 is 0. The summed E-state index contributed by atoms with van der Waals surface area (Å²) in [6.45, 7) is 15.6. The highest BCUT2D eigenvalue weighted by atomic mass is 19.3. The summed E-state index contributed by atoms with van der Waals surface area (Å²) in [4.78, 5) is 77.1. The van der Waals surface area contributed by atoms with Gasteiger partial charge in [-0.2, -0.15) is 8.78 Å². The Balaban J connectivity index is 5.70. The lowest BCUT2D eigenvalue weighted by Gasteiger charge is -2.30. The molecule has 0 aromatic carbocycles. The summed E-state index contributed by atoms with van der Waals surface area (Å²) in [5.41, 5.74) is -0.859. The van der Waals surface area contributed by atoms with Crippen molar-refractivity contribution in [2.24, 2.45) is 17.8 Å². The molecule has 0 unspecified atom stereocenters. The van der Waals surface area contributed by atoms with Crippen LogP contribution < -0.4 is 21.3 Å². The molecule has 5 atom stereocenters. The molecule has 42 heavy (non-hydrogen) atoms. The molecule has 0 heterocycles. The number of alkyl halides is 2. The molecule has 0 aromatic rings. The van der Waals surface area contributed by atoms with Crippen LogP contribution in [0.4, 0.5) is 13.6 Å². The van der Waals surface area contributed by atoms with Crippen molar-refractivity contribution in [2.75, 3.05) is 14.1 Å². The third kappa shape index (κ3) is 11.5. The highest BCUT2D eigenvalue weighted by Crippen LogP contribution is 2.20. The van der Waals surface area contributed by atoms with Gasteiger partial charge in [0.05, 0.1) is 6.04 Å². The van der Waals surface area contributed by atoms with E-state index in [-0.39, 0.29) is 5.92 Å². The number of likely N-dealkylation sites (N-methyl/N-ethyl adjacent to an activating group) is 1. The first kappa shape index (κ1) is 38.7. The van der Waals surface area contributed by atoms with E-state index in [4.69, 9.17) is 4.74 Å². The Morgan fingerprint density at radius 1 is 0.738 bits per heavy atom. The maximum absolute atomic E-state index is 15.0. The zero-order chi connectivity index (χ0) is 33.3. The Morgan fingerprint density at radius 2 is 1.19 bits per heavy atom. The Bertz CT molecular complexity index is 996.